The van der Waals surface area contributed by atoms with Gasteiger partial charge in [0.2, 0.25) is 0 Å². The molecule has 1 N–H and O–H groups in total. The predicted molar refractivity (Wildman–Crippen MR) is 97.2 cm³/mol. The van der Waals surface area contributed by atoms with Crippen LogP contribution in [0.15, 0.2) is 54.7 Å². The molecule has 1 aliphatic rings. The smallest absolute Gasteiger partial charge is 0.272 e. The fourth-order valence-electron chi connectivity index (χ4n) is 2.71. The first kappa shape index (κ1) is 16.5. The number of carbonyl (C=O) groups excluding carboxylic acids is 1. The highest BCUT2D eigenvalue weighted by Gasteiger charge is 2.17. The minimum atomic E-state index is -0.259. The molecule has 4 rings (SSSR count). The maximum atomic E-state index is 12.4. The molecule has 0 bridgehead atoms. The van der Waals surface area contributed by atoms with Crippen LogP contribution in [0.25, 0.3) is 5.69 Å². The van der Waals surface area contributed by atoms with E-state index in [1.807, 2.05) is 36.4 Å². The molecule has 0 radical (unpaired) electrons. The monoisotopic (exact) mass is 369 g/mol. The van der Waals surface area contributed by atoms with Crippen LogP contribution >= 0.6 is 11.6 Å². The van der Waals surface area contributed by atoms with Crippen LogP contribution in [-0.2, 0) is 6.54 Å². The summed E-state index contributed by atoms with van der Waals surface area (Å²) in [5.41, 5.74) is 2.07. The van der Waals surface area contributed by atoms with Crippen molar-refractivity contribution in [2.24, 2.45) is 0 Å². The van der Waals surface area contributed by atoms with Crippen molar-refractivity contribution in [1.82, 2.24) is 15.1 Å². The van der Waals surface area contributed by atoms with Gasteiger partial charge in [0, 0.05) is 12.7 Å². The van der Waals surface area contributed by atoms with Gasteiger partial charge in [0.25, 0.3) is 5.91 Å². The summed E-state index contributed by atoms with van der Waals surface area (Å²) in [6.07, 6.45) is 1.76. The van der Waals surface area contributed by atoms with Crippen LogP contribution in [0.4, 0.5) is 0 Å². The standard InChI is InChI=1S/C19H16ClN3O3/c20-15-10-13(11-17-18(15)26-9-8-25-17)12-21-19(24)16-6-7-23(22-16)14-4-2-1-3-5-14/h1-7,10-11H,8-9,12H2,(H,21,24). The van der Waals surface area contributed by atoms with Crippen molar-refractivity contribution < 1.29 is 14.3 Å². The molecule has 6 nitrogen and oxygen atoms in total. The second-order valence-electron chi connectivity index (χ2n) is 5.77. The summed E-state index contributed by atoms with van der Waals surface area (Å²) in [5, 5.41) is 7.63. The Bertz CT molecular complexity index is 940. The van der Waals surface area contributed by atoms with Crippen LogP contribution < -0.4 is 14.8 Å². The lowest BCUT2D eigenvalue weighted by Crippen LogP contribution is -2.24. The zero-order chi connectivity index (χ0) is 17.9. The highest BCUT2D eigenvalue weighted by Crippen LogP contribution is 2.38. The number of hydrogen-bond acceptors (Lipinski definition) is 4. The number of carbonyl (C=O) groups is 1. The van der Waals surface area contributed by atoms with Gasteiger partial charge < -0.3 is 14.8 Å². The molecule has 0 saturated carbocycles. The number of fused-ring (bicyclic) bond motifs is 1. The maximum absolute atomic E-state index is 12.4. The Morgan fingerprint density at radius 1 is 1.15 bits per heavy atom. The van der Waals surface area contributed by atoms with Crippen molar-refractivity contribution in [1.29, 1.82) is 0 Å². The van der Waals surface area contributed by atoms with E-state index in [0.29, 0.717) is 42.0 Å². The minimum absolute atomic E-state index is 0.259. The fraction of sp³-hybridized carbons (Fsp3) is 0.158. The lowest BCUT2D eigenvalue weighted by Gasteiger charge is -2.20. The van der Waals surface area contributed by atoms with Crippen molar-refractivity contribution in [3.63, 3.8) is 0 Å². The predicted octanol–water partition coefficient (Wildman–Crippen LogP) is 3.23. The first-order valence-corrected chi connectivity index (χ1v) is 8.56. The van der Waals surface area contributed by atoms with Crippen LogP contribution in [0.2, 0.25) is 5.02 Å². The quantitative estimate of drug-likeness (QED) is 0.766. The van der Waals surface area contributed by atoms with E-state index in [4.69, 9.17) is 21.1 Å². The second-order valence-corrected chi connectivity index (χ2v) is 6.17. The lowest BCUT2D eigenvalue weighted by atomic mass is 10.2. The van der Waals surface area contributed by atoms with E-state index in [2.05, 4.69) is 10.4 Å². The number of ether oxygens (including phenoxy) is 2. The summed E-state index contributed by atoms with van der Waals surface area (Å²) in [6.45, 7) is 1.27. The topological polar surface area (TPSA) is 65.4 Å². The van der Waals surface area contributed by atoms with Gasteiger partial charge in [-0.3, -0.25) is 4.79 Å². The van der Waals surface area contributed by atoms with Gasteiger partial charge in [-0.05, 0) is 35.9 Å². The third-order valence-electron chi connectivity index (χ3n) is 3.95. The third kappa shape index (κ3) is 3.36. The highest BCUT2D eigenvalue weighted by atomic mass is 35.5. The molecule has 0 unspecified atom stereocenters. The average molecular weight is 370 g/mol. The van der Waals surface area contributed by atoms with Crippen molar-refractivity contribution in [2.45, 2.75) is 6.54 Å². The summed E-state index contributed by atoms with van der Waals surface area (Å²) in [4.78, 5) is 12.4. The first-order valence-electron chi connectivity index (χ1n) is 8.18. The number of benzene rings is 2. The van der Waals surface area contributed by atoms with Crippen molar-refractivity contribution in [3.05, 3.63) is 71.0 Å². The van der Waals surface area contributed by atoms with Gasteiger partial charge in [-0.25, -0.2) is 4.68 Å². The second kappa shape index (κ2) is 7.09. The minimum Gasteiger partial charge on any atom is -0.486 e. The number of halogens is 1. The van der Waals surface area contributed by atoms with Crippen molar-refractivity contribution in [2.75, 3.05) is 13.2 Å². The number of nitrogens with zero attached hydrogens (tertiary/aromatic N) is 2. The van der Waals surface area contributed by atoms with Gasteiger partial charge in [-0.15, -0.1) is 0 Å². The van der Waals surface area contributed by atoms with E-state index < -0.39 is 0 Å². The zero-order valence-corrected chi connectivity index (χ0v) is 14.6. The van der Waals surface area contributed by atoms with Crippen LogP contribution in [-0.4, -0.2) is 28.9 Å². The summed E-state index contributed by atoms with van der Waals surface area (Å²) >= 11 is 6.22. The van der Waals surface area contributed by atoms with Crippen LogP contribution in [0.5, 0.6) is 11.5 Å². The molecular formula is C19H16ClN3O3. The first-order chi connectivity index (χ1) is 12.7. The molecule has 0 atom stereocenters. The van der Waals surface area contributed by atoms with E-state index in [1.54, 1.807) is 23.0 Å². The molecule has 0 aliphatic carbocycles. The summed E-state index contributed by atoms with van der Waals surface area (Å²) in [6, 6.07) is 14.9. The Balaban J connectivity index is 1.45. The fourth-order valence-corrected chi connectivity index (χ4v) is 3.00. The van der Waals surface area contributed by atoms with E-state index in [9.17, 15) is 4.79 Å². The number of rotatable bonds is 4. The molecule has 26 heavy (non-hydrogen) atoms. The van der Waals surface area contributed by atoms with Gasteiger partial charge in [0.05, 0.1) is 10.7 Å². The largest absolute Gasteiger partial charge is 0.486 e. The molecule has 1 aromatic heterocycles. The van der Waals surface area contributed by atoms with Gasteiger partial charge in [-0.2, -0.15) is 5.10 Å². The third-order valence-corrected chi connectivity index (χ3v) is 4.23. The Morgan fingerprint density at radius 2 is 1.96 bits per heavy atom. The Hall–Kier alpha value is -2.99. The Morgan fingerprint density at radius 3 is 2.81 bits per heavy atom. The molecule has 2 heterocycles. The van der Waals surface area contributed by atoms with Gasteiger partial charge >= 0.3 is 0 Å². The van der Waals surface area contributed by atoms with E-state index >= 15 is 0 Å². The van der Waals surface area contributed by atoms with Crippen LogP contribution in [0, 0.1) is 0 Å². The number of nitrogens with one attached hydrogen (secondary N) is 1. The number of hydrogen-bond donors (Lipinski definition) is 1. The Kier molecular flexibility index (Phi) is 4.50. The van der Waals surface area contributed by atoms with Crippen molar-refractivity contribution in [3.8, 4) is 17.2 Å². The lowest BCUT2D eigenvalue weighted by molar-refractivity contribution is 0.0945. The molecule has 0 spiro atoms. The molecular weight excluding hydrogens is 354 g/mol. The normalized spacial score (nSPS) is 12.7. The number of para-hydroxylation sites is 1. The Labute approximate surface area is 155 Å². The molecule has 0 saturated heterocycles. The van der Waals surface area contributed by atoms with Gasteiger partial charge in [0.15, 0.2) is 17.2 Å². The van der Waals surface area contributed by atoms with E-state index in [-0.39, 0.29) is 5.91 Å². The SMILES string of the molecule is O=C(NCc1cc(Cl)c2c(c1)OCCO2)c1ccn(-c2ccccc2)n1. The molecule has 1 aliphatic heterocycles. The molecule has 0 fully saturated rings. The summed E-state index contributed by atoms with van der Waals surface area (Å²) in [5.74, 6) is 0.890. The van der Waals surface area contributed by atoms with E-state index in [1.165, 1.54) is 0 Å². The maximum Gasteiger partial charge on any atom is 0.272 e. The van der Waals surface area contributed by atoms with Crippen LogP contribution in [0.1, 0.15) is 16.1 Å². The zero-order valence-electron chi connectivity index (χ0n) is 13.8. The molecule has 3 aromatic rings. The summed E-state index contributed by atoms with van der Waals surface area (Å²) < 4.78 is 12.7. The molecule has 7 heteroatoms. The number of amides is 1. The van der Waals surface area contributed by atoms with Gasteiger partial charge in [0.1, 0.15) is 13.2 Å². The van der Waals surface area contributed by atoms with Crippen molar-refractivity contribution >= 4 is 17.5 Å². The van der Waals surface area contributed by atoms with Crippen LogP contribution in [0.3, 0.4) is 0 Å². The average Bonchev–Trinajstić information content (AvgIpc) is 3.17. The molecule has 2 aromatic carbocycles. The highest BCUT2D eigenvalue weighted by molar-refractivity contribution is 6.32. The summed E-state index contributed by atoms with van der Waals surface area (Å²) in [7, 11) is 0. The van der Waals surface area contributed by atoms with Gasteiger partial charge in [-0.1, -0.05) is 29.8 Å². The molecule has 132 valence electrons. The van der Waals surface area contributed by atoms with E-state index in [0.717, 1.165) is 11.3 Å². The number of aromatic nitrogens is 2. The molecule has 1 amide bonds.